The van der Waals surface area contributed by atoms with Gasteiger partial charge in [-0.1, -0.05) is 36.4 Å². The zero-order valence-corrected chi connectivity index (χ0v) is 11.4. The first kappa shape index (κ1) is 12.0. The molecular weight excluding hydrogens is 260 g/mol. The molecule has 0 atom stereocenters. The molecule has 1 aliphatic heterocycles. The number of carbonyl (C=O) groups is 1. The van der Waals surface area contributed by atoms with E-state index in [4.69, 9.17) is 5.73 Å². The molecule has 1 heterocycles. The van der Waals surface area contributed by atoms with E-state index in [-0.39, 0.29) is 5.91 Å². The summed E-state index contributed by atoms with van der Waals surface area (Å²) in [5, 5.41) is 2.17. The molecule has 0 radical (unpaired) electrons. The van der Waals surface area contributed by atoms with Crippen LogP contribution >= 0.6 is 0 Å². The van der Waals surface area contributed by atoms with Gasteiger partial charge in [0.1, 0.15) is 0 Å². The number of hydrogen-bond donors (Lipinski definition) is 1. The molecule has 0 unspecified atom stereocenters. The zero-order valence-electron chi connectivity index (χ0n) is 11.4. The molecule has 0 aromatic heterocycles. The molecule has 0 fully saturated rings. The van der Waals surface area contributed by atoms with Gasteiger partial charge in [-0.05, 0) is 35.2 Å². The van der Waals surface area contributed by atoms with Gasteiger partial charge in [-0.3, -0.25) is 4.79 Å². The van der Waals surface area contributed by atoms with Crippen molar-refractivity contribution in [2.24, 2.45) is 0 Å². The third-order valence-electron chi connectivity index (χ3n) is 3.97. The monoisotopic (exact) mass is 274 g/mol. The second-order valence-corrected chi connectivity index (χ2v) is 5.31. The highest BCUT2D eigenvalue weighted by atomic mass is 16.2. The quantitative estimate of drug-likeness (QED) is 0.726. The van der Waals surface area contributed by atoms with E-state index in [1.165, 1.54) is 0 Å². The minimum Gasteiger partial charge on any atom is -0.399 e. The Bertz CT molecular complexity index is 847. The highest BCUT2D eigenvalue weighted by Crippen LogP contribution is 2.37. The summed E-state index contributed by atoms with van der Waals surface area (Å²) in [7, 11) is 0. The Labute approximate surface area is 122 Å². The first-order valence-corrected chi connectivity index (χ1v) is 6.92. The summed E-state index contributed by atoms with van der Waals surface area (Å²) in [5.41, 5.74) is 9.30. The largest absolute Gasteiger partial charge is 0.399 e. The molecule has 4 rings (SSSR count). The third-order valence-corrected chi connectivity index (χ3v) is 3.97. The molecule has 3 aromatic rings. The molecular formula is C18H14N2O. The van der Waals surface area contributed by atoms with E-state index >= 15 is 0 Å². The van der Waals surface area contributed by atoms with Crippen LogP contribution in [0.2, 0.25) is 0 Å². The van der Waals surface area contributed by atoms with Gasteiger partial charge in [-0.15, -0.1) is 0 Å². The second-order valence-electron chi connectivity index (χ2n) is 5.31. The Balaban J connectivity index is 1.80. The standard InChI is InChI=1S/C18H14N2O/c19-14-9-7-12(8-10-14)11-20-16-6-2-4-13-3-1-5-15(17(13)16)18(20)21/h1-10H,11,19H2. The Morgan fingerprint density at radius 3 is 2.38 bits per heavy atom. The summed E-state index contributed by atoms with van der Waals surface area (Å²) in [5.74, 6) is 0.0682. The van der Waals surface area contributed by atoms with Crippen LogP contribution in [-0.4, -0.2) is 5.91 Å². The Hall–Kier alpha value is -2.81. The van der Waals surface area contributed by atoms with Crippen molar-refractivity contribution >= 4 is 28.1 Å². The summed E-state index contributed by atoms with van der Waals surface area (Å²) in [4.78, 5) is 14.5. The Morgan fingerprint density at radius 1 is 0.905 bits per heavy atom. The first-order chi connectivity index (χ1) is 10.2. The average Bonchev–Trinajstić information content (AvgIpc) is 2.78. The van der Waals surface area contributed by atoms with Crippen LogP contribution in [0, 0.1) is 0 Å². The lowest BCUT2D eigenvalue weighted by molar-refractivity contribution is 0.0991. The summed E-state index contributed by atoms with van der Waals surface area (Å²) in [6.07, 6.45) is 0. The van der Waals surface area contributed by atoms with Crippen LogP contribution in [0.25, 0.3) is 10.8 Å². The zero-order chi connectivity index (χ0) is 14.4. The van der Waals surface area contributed by atoms with Crippen LogP contribution in [0.15, 0.2) is 60.7 Å². The number of anilines is 2. The normalized spacial score (nSPS) is 13.1. The fraction of sp³-hybridized carbons (Fsp3) is 0.0556. The van der Waals surface area contributed by atoms with Gasteiger partial charge >= 0.3 is 0 Å². The van der Waals surface area contributed by atoms with Crippen molar-refractivity contribution < 1.29 is 4.79 Å². The highest BCUT2D eigenvalue weighted by molar-refractivity contribution is 6.24. The fourth-order valence-electron chi connectivity index (χ4n) is 2.94. The number of rotatable bonds is 2. The molecule has 1 aliphatic rings. The highest BCUT2D eigenvalue weighted by Gasteiger charge is 2.29. The van der Waals surface area contributed by atoms with Crippen LogP contribution in [0.4, 0.5) is 11.4 Å². The van der Waals surface area contributed by atoms with Crippen LogP contribution in [0.5, 0.6) is 0 Å². The van der Waals surface area contributed by atoms with E-state index in [0.717, 1.165) is 33.3 Å². The van der Waals surface area contributed by atoms with Gasteiger partial charge in [0.2, 0.25) is 0 Å². The van der Waals surface area contributed by atoms with Gasteiger partial charge in [-0.2, -0.15) is 0 Å². The average molecular weight is 274 g/mol. The van der Waals surface area contributed by atoms with Gasteiger partial charge in [0.05, 0.1) is 12.2 Å². The van der Waals surface area contributed by atoms with Gasteiger partial charge in [-0.25, -0.2) is 0 Å². The molecule has 0 saturated heterocycles. The van der Waals surface area contributed by atoms with Gasteiger partial charge < -0.3 is 10.6 Å². The number of benzene rings is 3. The molecule has 0 saturated carbocycles. The van der Waals surface area contributed by atoms with Gasteiger partial charge in [0.15, 0.2) is 0 Å². The summed E-state index contributed by atoms with van der Waals surface area (Å²) in [6, 6.07) is 19.6. The van der Waals surface area contributed by atoms with Crippen molar-refractivity contribution in [2.45, 2.75) is 6.54 Å². The lowest BCUT2D eigenvalue weighted by atomic mass is 10.1. The number of hydrogen-bond acceptors (Lipinski definition) is 2. The van der Waals surface area contributed by atoms with Crippen LogP contribution in [0.3, 0.4) is 0 Å². The number of carbonyl (C=O) groups excluding carboxylic acids is 1. The molecule has 3 heteroatoms. The van der Waals surface area contributed by atoms with Crippen LogP contribution < -0.4 is 10.6 Å². The number of amides is 1. The second kappa shape index (κ2) is 4.35. The minimum absolute atomic E-state index is 0.0682. The van der Waals surface area contributed by atoms with E-state index in [0.29, 0.717) is 6.54 Å². The van der Waals surface area contributed by atoms with Crippen molar-refractivity contribution in [3.8, 4) is 0 Å². The van der Waals surface area contributed by atoms with Crippen molar-refractivity contribution in [1.82, 2.24) is 0 Å². The molecule has 21 heavy (non-hydrogen) atoms. The van der Waals surface area contributed by atoms with Crippen molar-refractivity contribution in [1.29, 1.82) is 0 Å². The lowest BCUT2D eigenvalue weighted by Crippen LogP contribution is -2.25. The maximum atomic E-state index is 12.6. The molecule has 0 bridgehead atoms. The van der Waals surface area contributed by atoms with Crippen LogP contribution in [-0.2, 0) is 6.54 Å². The fourth-order valence-corrected chi connectivity index (χ4v) is 2.94. The van der Waals surface area contributed by atoms with E-state index in [1.807, 2.05) is 65.6 Å². The van der Waals surface area contributed by atoms with Crippen molar-refractivity contribution in [2.75, 3.05) is 10.6 Å². The molecule has 3 nitrogen and oxygen atoms in total. The third kappa shape index (κ3) is 1.78. The SMILES string of the molecule is Nc1ccc(CN2C(=O)c3cccc4cccc2c34)cc1. The molecule has 102 valence electrons. The maximum absolute atomic E-state index is 12.6. The molecule has 2 N–H and O–H groups in total. The number of nitrogens with zero attached hydrogens (tertiary/aromatic N) is 1. The van der Waals surface area contributed by atoms with Gasteiger partial charge in [0, 0.05) is 16.6 Å². The lowest BCUT2D eigenvalue weighted by Gasteiger charge is -2.17. The Kier molecular flexibility index (Phi) is 2.48. The molecule has 0 aliphatic carbocycles. The maximum Gasteiger partial charge on any atom is 0.259 e. The van der Waals surface area contributed by atoms with Crippen molar-refractivity contribution in [3.63, 3.8) is 0 Å². The van der Waals surface area contributed by atoms with E-state index < -0.39 is 0 Å². The molecule has 1 amide bonds. The van der Waals surface area contributed by atoms with Gasteiger partial charge in [0.25, 0.3) is 5.91 Å². The van der Waals surface area contributed by atoms with E-state index in [1.54, 1.807) is 0 Å². The van der Waals surface area contributed by atoms with E-state index in [2.05, 4.69) is 0 Å². The van der Waals surface area contributed by atoms with Crippen LogP contribution in [0.1, 0.15) is 15.9 Å². The predicted molar refractivity (Wildman–Crippen MR) is 85.3 cm³/mol. The van der Waals surface area contributed by atoms with E-state index in [9.17, 15) is 4.79 Å². The smallest absolute Gasteiger partial charge is 0.259 e. The topological polar surface area (TPSA) is 46.3 Å². The summed E-state index contributed by atoms with van der Waals surface area (Å²) in [6.45, 7) is 0.562. The molecule has 3 aromatic carbocycles. The minimum atomic E-state index is 0.0682. The number of nitrogens with two attached hydrogens (primary N) is 1. The predicted octanol–water partition coefficient (Wildman–Crippen LogP) is 3.58. The molecule has 0 spiro atoms. The number of nitrogen functional groups attached to an aromatic ring is 1. The summed E-state index contributed by atoms with van der Waals surface area (Å²) < 4.78 is 0. The Morgan fingerprint density at radius 2 is 1.62 bits per heavy atom. The summed E-state index contributed by atoms with van der Waals surface area (Å²) >= 11 is 0. The first-order valence-electron chi connectivity index (χ1n) is 6.92. The van der Waals surface area contributed by atoms with Crippen molar-refractivity contribution in [3.05, 3.63) is 71.8 Å².